The molecule has 0 radical (unpaired) electrons. The minimum Gasteiger partial charge on any atom is -0.357 e. The van der Waals surface area contributed by atoms with Crippen LogP contribution in [0.2, 0.25) is 0 Å². The van der Waals surface area contributed by atoms with Crippen LogP contribution in [0.5, 0.6) is 0 Å². The van der Waals surface area contributed by atoms with Gasteiger partial charge in [-0.1, -0.05) is 13.3 Å². The summed E-state index contributed by atoms with van der Waals surface area (Å²) >= 11 is 0. The lowest BCUT2D eigenvalue weighted by Gasteiger charge is -2.29. The molecule has 1 aliphatic heterocycles. The number of aliphatic imine (C=N–C) groups is 1. The van der Waals surface area contributed by atoms with Crippen molar-refractivity contribution in [2.45, 2.75) is 39.5 Å². The number of hydrogen-bond acceptors (Lipinski definition) is 2. The molecule has 0 amide bonds. The molecule has 1 atom stereocenters. The Labute approximate surface area is 119 Å². The molecule has 0 spiro atoms. The minimum atomic E-state index is 0.729. The maximum Gasteiger partial charge on any atom is 0.193 e. The van der Waals surface area contributed by atoms with E-state index in [-0.39, 0.29) is 0 Å². The van der Waals surface area contributed by atoms with E-state index >= 15 is 0 Å². The van der Waals surface area contributed by atoms with E-state index in [1.807, 2.05) is 0 Å². The molecule has 0 saturated carbocycles. The van der Waals surface area contributed by atoms with Crippen LogP contribution in [0.3, 0.4) is 0 Å². The molecular formula is C15H32N4. The van der Waals surface area contributed by atoms with Crippen LogP contribution in [0.1, 0.15) is 39.5 Å². The number of nitrogens with zero attached hydrogens (tertiary/aromatic N) is 3. The highest BCUT2D eigenvalue weighted by Crippen LogP contribution is 2.15. The van der Waals surface area contributed by atoms with Crippen molar-refractivity contribution in [1.82, 2.24) is 15.1 Å². The van der Waals surface area contributed by atoms with E-state index in [1.165, 1.54) is 38.8 Å². The third kappa shape index (κ3) is 6.28. The molecule has 4 nitrogen and oxygen atoms in total. The van der Waals surface area contributed by atoms with Crippen LogP contribution in [0.25, 0.3) is 0 Å². The molecule has 1 aliphatic rings. The number of piperidine rings is 1. The molecule has 1 heterocycles. The van der Waals surface area contributed by atoms with Gasteiger partial charge in [0.1, 0.15) is 0 Å². The lowest BCUT2D eigenvalue weighted by atomic mass is 9.99. The standard InChI is InChI=1S/C15H32N4/c1-5-7-11-19(4)15(16-6-2)17-12-14-9-8-10-18(3)13-14/h14H,5-13H2,1-4H3,(H,16,17). The van der Waals surface area contributed by atoms with Gasteiger partial charge in [0.05, 0.1) is 0 Å². The molecule has 1 rings (SSSR count). The predicted molar refractivity (Wildman–Crippen MR) is 83.7 cm³/mol. The Kier molecular flexibility index (Phi) is 7.87. The Morgan fingerprint density at radius 1 is 1.42 bits per heavy atom. The van der Waals surface area contributed by atoms with Crippen molar-refractivity contribution < 1.29 is 0 Å². The molecule has 4 heteroatoms. The minimum absolute atomic E-state index is 0.729. The first-order valence-corrected chi connectivity index (χ1v) is 7.85. The molecule has 112 valence electrons. The molecule has 0 bridgehead atoms. The SMILES string of the molecule is CCCCN(C)C(=NCC1CCCN(C)C1)NCC. The number of likely N-dealkylation sites (tertiary alicyclic amines) is 1. The second-order valence-electron chi connectivity index (χ2n) is 5.74. The lowest BCUT2D eigenvalue weighted by molar-refractivity contribution is 0.214. The van der Waals surface area contributed by atoms with Crippen LogP contribution in [0.4, 0.5) is 0 Å². The van der Waals surface area contributed by atoms with Crippen molar-refractivity contribution in [3.63, 3.8) is 0 Å². The van der Waals surface area contributed by atoms with Crippen LogP contribution in [-0.2, 0) is 0 Å². The molecule has 0 aliphatic carbocycles. The second kappa shape index (κ2) is 9.18. The van der Waals surface area contributed by atoms with E-state index < -0.39 is 0 Å². The third-order valence-corrected chi connectivity index (χ3v) is 3.76. The van der Waals surface area contributed by atoms with Gasteiger partial charge in [0.15, 0.2) is 5.96 Å². The largest absolute Gasteiger partial charge is 0.357 e. The highest BCUT2D eigenvalue weighted by Gasteiger charge is 2.17. The number of rotatable bonds is 6. The first-order valence-electron chi connectivity index (χ1n) is 7.85. The van der Waals surface area contributed by atoms with Crippen LogP contribution < -0.4 is 5.32 Å². The summed E-state index contributed by atoms with van der Waals surface area (Å²) in [6.07, 6.45) is 5.11. The average molecular weight is 268 g/mol. The first-order chi connectivity index (χ1) is 9.17. The maximum absolute atomic E-state index is 4.83. The summed E-state index contributed by atoms with van der Waals surface area (Å²) in [7, 11) is 4.36. The van der Waals surface area contributed by atoms with Crippen LogP contribution in [0, 0.1) is 5.92 Å². The monoisotopic (exact) mass is 268 g/mol. The van der Waals surface area contributed by atoms with Gasteiger partial charge in [-0.2, -0.15) is 0 Å². The fourth-order valence-corrected chi connectivity index (χ4v) is 2.61. The summed E-state index contributed by atoms with van der Waals surface area (Å²) in [6.45, 7) is 9.81. The molecule has 0 aromatic rings. The Bertz CT molecular complexity index is 265. The Morgan fingerprint density at radius 3 is 2.84 bits per heavy atom. The van der Waals surface area contributed by atoms with Crippen LogP contribution in [0.15, 0.2) is 4.99 Å². The third-order valence-electron chi connectivity index (χ3n) is 3.76. The molecule has 1 N–H and O–H groups in total. The van der Waals surface area contributed by atoms with Gasteiger partial charge in [0, 0.05) is 33.2 Å². The average Bonchev–Trinajstić information content (AvgIpc) is 2.41. The number of guanidine groups is 1. The first kappa shape index (κ1) is 16.3. The van der Waals surface area contributed by atoms with E-state index in [0.29, 0.717) is 0 Å². The molecule has 19 heavy (non-hydrogen) atoms. The normalized spacial score (nSPS) is 21.5. The van der Waals surface area contributed by atoms with Crippen molar-refractivity contribution in [3.8, 4) is 0 Å². The highest BCUT2D eigenvalue weighted by atomic mass is 15.3. The van der Waals surface area contributed by atoms with Gasteiger partial charge in [-0.15, -0.1) is 0 Å². The maximum atomic E-state index is 4.83. The molecule has 1 saturated heterocycles. The van der Waals surface area contributed by atoms with E-state index in [9.17, 15) is 0 Å². The Hall–Kier alpha value is -0.770. The van der Waals surface area contributed by atoms with Gasteiger partial charge in [-0.3, -0.25) is 4.99 Å². The van der Waals surface area contributed by atoms with Gasteiger partial charge >= 0.3 is 0 Å². The van der Waals surface area contributed by atoms with Crippen molar-refractivity contribution in [2.75, 3.05) is 46.8 Å². The summed E-state index contributed by atoms with van der Waals surface area (Å²) in [5.74, 6) is 1.80. The smallest absolute Gasteiger partial charge is 0.193 e. The van der Waals surface area contributed by atoms with E-state index in [2.05, 4.69) is 43.1 Å². The van der Waals surface area contributed by atoms with Crippen LogP contribution in [-0.4, -0.2) is 62.6 Å². The van der Waals surface area contributed by atoms with Crippen molar-refractivity contribution in [1.29, 1.82) is 0 Å². The molecular weight excluding hydrogens is 236 g/mol. The number of nitrogens with one attached hydrogen (secondary N) is 1. The lowest BCUT2D eigenvalue weighted by Crippen LogP contribution is -2.40. The zero-order valence-corrected chi connectivity index (χ0v) is 13.3. The molecule has 1 fully saturated rings. The summed E-state index contributed by atoms with van der Waals surface area (Å²) in [5.41, 5.74) is 0. The summed E-state index contributed by atoms with van der Waals surface area (Å²) < 4.78 is 0. The van der Waals surface area contributed by atoms with E-state index in [1.54, 1.807) is 0 Å². The van der Waals surface area contributed by atoms with E-state index in [0.717, 1.165) is 31.5 Å². The highest BCUT2D eigenvalue weighted by molar-refractivity contribution is 5.79. The second-order valence-corrected chi connectivity index (χ2v) is 5.74. The summed E-state index contributed by atoms with van der Waals surface area (Å²) in [6, 6.07) is 0. The Balaban J connectivity index is 2.46. The van der Waals surface area contributed by atoms with Crippen molar-refractivity contribution in [3.05, 3.63) is 0 Å². The topological polar surface area (TPSA) is 30.9 Å². The van der Waals surface area contributed by atoms with Crippen molar-refractivity contribution in [2.24, 2.45) is 10.9 Å². The van der Waals surface area contributed by atoms with Gasteiger partial charge in [-0.05, 0) is 45.7 Å². The zero-order chi connectivity index (χ0) is 14.1. The quantitative estimate of drug-likeness (QED) is 0.591. The predicted octanol–water partition coefficient (Wildman–Crippen LogP) is 2.03. The van der Waals surface area contributed by atoms with Crippen molar-refractivity contribution >= 4 is 5.96 Å². The zero-order valence-electron chi connectivity index (χ0n) is 13.3. The van der Waals surface area contributed by atoms with Crippen LogP contribution >= 0.6 is 0 Å². The summed E-state index contributed by atoms with van der Waals surface area (Å²) in [4.78, 5) is 9.52. The van der Waals surface area contributed by atoms with E-state index in [4.69, 9.17) is 4.99 Å². The molecule has 0 aromatic heterocycles. The number of unbranched alkanes of at least 4 members (excludes halogenated alkanes) is 1. The van der Waals surface area contributed by atoms with Gasteiger partial charge in [0.2, 0.25) is 0 Å². The number of hydrogen-bond donors (Lipinski definition) is 1. The molecule has 1 unspecified atom stereocenters. The van der Waals surface area contributed by atoms with Gasteiger partial charge in [-0.25, -0.2) is 0 Å². The van der Waals surface area contributed by atoms with Gasteiger partial charge < -0.3 is 15.1 Å². The van der Waals surface area contributed by atoms with Gasteiger partial charge in [0.25, 0.3) is 0 Å². The fourth-order valence-electron chi connectivity index (χ4n) is 2.61. The fraction of sp³-hybridized carbons (Fsp3) is 0.933. The Morgan fingerprint density at radius 2 is 2.21 bits per heavy atom. The molecule has 0 aromatic carbocycles. The summed E-state index contributed by atoms with van der Waals surface area (Å²) in [5, 5.41) is 3.40.